The highest BCUT2D eigenvalue weighted by Gasteiger charge is 2.21. The second-order valence-electron chi connectivity index (χ2n) is 6.38. The molecule has 136 valence electrons. The van der Waals surface area contributed by atoms with Gasteiger partial charge in [0.15, 0.2) is 0 Å². The van der Waals surface area contributed by atoms with Gasteiger partial charge in [-0.05, 0) is 63.1 Å². The van der Waals surface area contributed by atoms with Gasteiger partial charge in [0.05, 0.1) is 6.04 Å². The Morgan fingerprint density at radius 2 is 1.88 bits per heavy atom. The normalized spacial score (nSPS) is 12.0. The fourth-order valence-corrected chi connectivity index (χ4v) is 4.12. The van der Waals surface area contributed by atoms with Crippen LogP contribution in [0, 0.1) is 26.6 Å². The Bertz CT molecular complexity index is 931. The largest absolute Gasteiger partial charge is 0.331 e. The Labute approximate surface area is 156 Å². The fraction of sp³-hybridized carbons (Fsp3) is 0.250. The van der Waals surface area contributed by atoms with E-state index in [0.717, 1.165) is 10.6 Å². The molecule has 3 aromatic rings. The minimum atomic E-state index is -0.359. The van der Waals surface area contributed by atoms with Crippen LogP contribution in [-0.2, 0) is 0 Å². The number of hydrogen-bond acceptors (Lipinski definition) is 2. The smallest absolute Gasteiger partial charge is 0.319 e. The van der Waals surface area contributed by atoms with Gasteiger partial charge < -0.3 is 15.2 Å². The molecule has 1 aromatic carbocycles. The number of urea groups is 1. The molecule has 1 atom stereocenters. The summed E-state index contributed by atoms with van der Waals surface area (Å²) in [4.78, 5) is 13.6. The quantitative estimate of drug-likeness (QED) is 0.626. The molecule has 2 N–H and O–H groups in total. The van der Waals surface area contributed by atoms with Crippen LogP contribution in [0.1, 0.15) is 34.5 Å². The summed E-state index contributed by atoms with van der Waals surface area (Å²) >= 11 is 1.70. The first-order chi connectivity index (χ1) is 12.4. The summed E-state index contributed by atoms with van der Waals surface area (Å²) in [5.74, 6) is -0.338. The molecule has 0 aliphatic carbocycles. The van der Waals surface area contributed by atoms with Gasteiger partial charge >= 0.3 is 6.03 Å². The van der Waals surface area contributed by atoms with Crippen molar-refractivity contribution in [3.63, 3.8) is 0 Å². The van der Waals surface area contributed by atoms with Gasteiger partial charge in [0.25, 0.3) is 0 Å². The zero-order chi connectivity index (χ0) is 18.8. The highest BCUT2D eigenvalue weighted by atomic mass is 32.1. The highest BCUT2D eigenvalue weighted by molar-refractivity contribution is 7.14. The summed E-state index contributed by atoms with van der Waals surface area (Å²) < 4.78 is 15.7. The maximum atomic E-state index is 13.6. The van der Waals surface area contributed by atoms with E-state index in [1.165, 1.54) is 16.5 Å². The number of rotatable bonds is 4. The maximum absolute atomic E-state index is 13.6. The van der Waals surface area contributed by atoms with Crippen molar-refractivity contribution in [3.05, 3.63) is 70.1 Å². The predicted molar refractivity (Wildman–Crippen MR) is 105 cm³/mol. The van der Waals surface area contributed by atoms with Crippen LogP contribution in [0.4, 0.5) is 14.9 Å². The lowest BCUT2D eigenvalue weighted by atomic mass is 10.1. The summed E-state index contributed by atoms with van der Waals surface area (Å²) in [6, 6.07) is 8.06. The van der Waals surface area contributed by atoms with Crippen molar-refractivity contribution in [1.29, 1.82) is 0 Å². The van der Waals surface area contributed by atoms with Crippen LogP contribution < -0.4 is 10.6 Å². The molecule has 0 aliphatic heterocycles. The van der Waals surface area contributed by atoms with Crippen LogP contribution in [-0.4, -0.2) is 10.6 Å². The SMILES string of the molecule is Cc1ccc(NC(=O)NC(C)c2c(-n3cccc3)sc(C)c2C)cc1F. The zero-order valence-corrected chi connectivity index (χ0v) is 16.1. The van der Waals surface area contributed by atoms with Gasteiger partial charge in [0.2, 0.25) is 0 Å². The number of hydrogen-bond donors (Lipinski definition) is 2. The number of amides is 2. The number of aryl methyl sites for hydroxylation is 2. The molecule has 0 saturated carbocycles. The van der Waals surface area contributed by atoms with E-state index in [0.29, 0.717) is 11.3 Å². The second kappa shape index (κ2) is 7.33. The van der Waals surface area contributed by atoms with Gasteiger partial charge in [0.1, 0.15) is 10.8 Å². The topological polar surface area (TPSA) is 46.1 Å². The van der Waals surface area contributed by atoms with Crippen molar-refractivity contribution in [3.8, 4) is 5.00 Å². The van der Waals surface area contributed by atoms with Gasteiger partial charge in [0, 0.05) is 28.5 Å². The number of halogens is 1. The fourth-order valence-electron chi connectivity index (χ4n) is 2.90. The number of benzene rings is 1. The molecule has 26 heavy (non-hydrogen) atoms. The number of nitrogens with one attached hydrogen (secondary N) is 2. The third-order valence-corrected chi connectivity index (χ3v) is 5.70. The van der Waals surface area contributed by atoms with Crippen molar-refractivity contribution in [2.24, 2.45) is 0 Å². The van der Waals surface area contributed by atoms with Crippen LogP contribution in [0.25, 0.3) is 5.00 Å². The van der Waals surface area contributed by atoms with Crippen LogP contribution in [0.2, 0.25) is 0 Å². The summed E-state index contributed by atoms with van der Waals surface area (Å²) in [5.41, 5.74) is 3.24. The monoisotopic (exact) mass is 371 g/mol. The van der Waals surface area contributed by atoms with E-state index in [-0.39, 0.29) is 17.9 Å². The minimum absolute atomic E-state index is 0.187. The second-order valence-corrected chi connectivity index (χ2v) is 7.58. The lowest BCUT2D eigenvalue weighted by Gasteiger charge is -2.17. The molecule has 6 heteroatoms. The third-order valence-electron chi connectivity index (χ3n) is 4.46. The molecule has 0 radical (unpaired) electrons. The van der Waals surface area contributed by atoms with Crippen molar-refractivity contribution in [1.82, 2.24) is 9.88 Å². The lowest BCUT2D eigenvalue weighted by Crippen LogP contribution is -2.31. The number of aromatic nitrogens is 1. The van der Waals surface area contributed by atoms with E-state index in [4.69, 9.17) is 0 Å². The summed E-state index contributed by atoms with van der Waals surface area (Å²) in [6.45, 7) is 7.79. The Balaban J connectivity index is 1.78. The first-order valence-corrected chi connectivity index (χ1v) is 9.25. The first-order valence-electron chi connectivity index (χ1n) is 8.43. The molecule has 3 rings (SSSR count). The van der Waals surface area contributed by atoms with E-state index in [1.807, 2.05) is 31.5 Å². The molecule has 2 heterocycles. The van der Waals surface area contributed by atoms with Gasteiger partial charge in [-0.25, -0.2) is 9.18 Å². The average Bonchev–Trinajstić information content (AvgIpc) is 3.20. The number of thiophene rings is 1. The molecule has 0 saturated heterocycles. The Morgan fingerprint density at radius 1 is 1.19 bits per heavy atom. The van der Waals surface area contributed by atoms with Gasteiger partial charge in [-0.3, -0.25) is 0 Å². The number of anilines is 1. The molecule has 0 fully saturated rings. The molecular formula is C20H22FN3OS. The highest BCUT2D eigenvalue weighted by Crippen LogP contribution is 2.35. The number of carbonyl (C=O) groups is 1. The Kier molecular flexibility index (Phi) is 5.13. The standard InChI is InChI=1S/C20H22FN3OS/c1-12-7-8-16(11-17(12)21)23-20(25)22-14(3)18-13(2)15(4)26-19(18)24-9-5-6-10-24/h5-11,14H,1-4H3,(H2,22,23,25). The molecule has 1 unspecified atom stereocenters. The molecule has 2 amide bonds. The number of nitrogens with zero attached hydrogens (tertiary/aromatic N) is 1. The van der Waals surface area contributed by atoms with Gasteiger partial charge in [-0.15, -0.1) is 11.3 Å². The molecule has 0 spiro atoms. The lowest BCUT2D eigenvalue weighted by molar-refractivity contribution is 0.249. The van der Waals surface area contributed by atoms with Crippen molar-refractivity contribution in [2.45, 2.75) is 33.7 Å². The summed E-state index contributed by atoms with van der Waals surface area (Å²) in [7, 11) is 0. The van der Waals surface area contributed by atoms with E-state index >= 15 is 0 Å². The van der Waals surface area contributed by atoms with Crippen LogP contribution in [0.5, 0.6) is 0 Å². The molecule has 0 bridgehead atoms. The van der Waals surface area contributed by atoms with E-state index < -0.39 is 0 Å². The first kappa shape index (κ1) is 18.2. The van der Waals surface area contributed by atoms with Crippen molar-refractivity contribution in [2.75, 3.05) is 5.32 Å². The van der Waals surface area contributed by atoms with Crippen LogP contribution in [0.3, 0.4) is 0 Å². The van der Waals surface area contributed by atoms with Crippen molar-refractivity contribution >= 4 is 23.1 Å². The summed E-state index contributed by atoms with van der Waals surface area (Å²) in [6.07, 6.45) is 3.99. The van der Waals surface area contributed by atoms with Crippen LogP contribution >= 0.6 is 11.3 Å². The van der Waals surface area contributed by atoms with Crippen molar-refractivity contribution < 1.29 is 9.18 Å². The summed E-state index contributed by atoms with van der Waals surface area (Å²) in [5, 5.41) is 6.75. The molecule has 0 aliphatic rings. The molecule has 2 aromatic heterocycles. The predicted octanol–water partition coefficient (Wildman–Crippen LogP) is 5.49. The van der Waals surface area contributed by atoms with Crippen LogP contribution in [0.15, 0.2) is 42.7 Å². The maximum Gasteiger partial charge on any atom is 0.319 e. The Hall–Kier alpha value is -2.60. The Morgan fingerprint density at radius 3 is 2.54 bits per heavy atom. The zero-order valence-electron chi connectivity index (χ0n) is 15.3. The van der Waals surface area contributed by atoms with Gasteiger partial charge in [-0.1, -0.05) is 6.07 Å². The van der Waals surface area contributed by atoms with E-state index in [9.17, 15) is 9.18 Å². The van der Waals surface area contributed by atoms with Gasteiger partial charge in [-0.2, -0.15) is 0 Å². The number of carbonyl (C=O) groups excluding carboxylic acids is 1. The minimum Gasteiger partial charge on any atom is -0.331 e. The third kappa shape index (κ3) is 3.65. The van der Waals surface area contributed by atoms with E-state index in [2.05, 4.69) is 29.0 Å². The molecular weight excluding hydrogens is 349 g/mol. The average molecular weight is 371 g/mol. The van der Waals surface area contributed by atoms with E-state index in [1.54, 1.807) is 30.4 Å². The molecule has 4 nitrogen and oxygen atoms in total.